The largest absolute Gasteiger partial charge is 0.256 e. The minimum Gasteiger partial charge on any atom is -0.256 e. The molecule has 1 aliphatic rings. The molecule has 0 aliphatic heterocycles. The van der Waals surface area contributed by atoms with Gasteiger partial charge in [0.15, 0.2) is 5.82 Å². The summed E-state index contributed by atoms with van der Waals surface area (Å²) >= 11 is 0. The first-order valence-electron chi connectivity index (χ1n) is 25.7. The van der Waals surface area contributed by atoms with Gasteiger partial charge in [0.05, 0.1) is 16.9 Å². The summed E-state index contributed by atoms with van der Waals surface area (Å²) in [4.78, 5) is 16.2. The van der Waals surface area contributed by atoms with Gasteiger partial charge in [-0.25, -0.2) is 9.97 Å². The number of fused-ring (bicyclic) bond motifs is 3. The number of rotatable bonds is 6. The van der Waals surface area contributed by atoms with Crippen molar-refractivity contribution in [3.63, 3.8) is 0 Å². The van der Waals surface area contributed by atoms with Crippen molar-refractivity contribution in [2.24, 2.45) is 0 Å². The monoisotopic (exact) mass is 937 g/mol. The van der Waals surface area contributed by atoms with Gasteiger partial charge >= 0.3 is 0 Å². The van der Waals surface area contributed by atoms with Crippen LogP contribution in [0.25, 0.3) is 154 Å². The van der Waals surface area contributed by atoms with Gasteiger partial charge in [-0.15, -0.1) is 0 Å². The van der Waals surface area contributed by atoms with E-state index in [0.717, 1.165) is 73.9 Å². The highest BCUT2D eigenvalue weighted by atomic mass is 14.9. The zero-order valence-corrected chi connectivity index (χ0v) is 40.3. The zero-order valence-electron chi connectivity index (χ0n) is 40.3. The van der Waals surface area contributed by atoms with Crippen molar-refractivity contribution in [1.29, 1.82) is 0 Å². The Labute approximate surface area is 426 Å². The van der Waals surface area contributed by atoms with Crippen LogP contribution in [0.5, 0.6) is 0 Å². The van der Waals surface area contributed by atoms with Gasteiger partial charge in [0.1, 0.15) is 0 Å². The van der Waals surface area contributed by atoms with Gasteiger partial charge in [0, 0.05) is 39.2 Å². The summed E-state index contributed by atoms with van der Waals surface area (Å²) in [6.07, 6.45) is 6.30. The fourth-order valence-electron chi connectivity index (χ4n) is 12.6. The molecular weight excluding hydrogens is 895 g/mol. The number of aromatic nitrogens is 3. The molecule has 74 heavy (non-hydrogen) atoms. The molecule has 0 unspecified atom stereocenters. The molecule has 0 N–H and O–H groups in total. The Hall–Kier alpha value is -9.57. The highest BCUT2D eigenvalue weighted by molar-refractivity contribution is 6.28. The molecular formula is C71H43N3. The van der Waals surface area contributed by atoms with Crippen LogP contribution in [-0.4, -0.2) is 15.0 Å². The molecule has 0 spiro atoms. The molecule has 0 atom stereocenters. The Morgan fingerprint density at radius 3 is 1.59 bits per heavy atom. The van der Waals surface area contributed by atoms with E-state index in [1.807, 2.05) is 6.20 Å². The van der Waals surface area contributed by atoms with Crippen molar-refractivity contribution in [2.45, 2.75) is 12.8 Å². The van der Waals surface area contributed by atoms with E-state index in [9.17, 15) is 0 Å². The van der Waals surface area contributed by atoms with Crippen molar-refractivity contribution in [1.82, 2.24) is 15.0 Å². The van der Waals surface area contributed by atoms with E-state index in [1.54, 1.807) is 0 Å². The lowest BCUT2D eigenvalue weighted by Gasteiger charge is -2.19. The third-order valence-electron chi connectivity index (χ3n) is 16.1. The Morgan fingerprint density at radius 2 is 0.878 bits per heavy atom. The summed E-state index contributed by atoms with van der Waals surface area (Å²) in [5, 5.41) is 21.0. The molecule has 15 aromatic rings. The van der Waals surface area contributed by atoms with Gasteiger partial charge in [0.25, 0.3) is 0 Å². The van der Waals surface area contributed by atoms with Gasteiger partial charge in [-0.05, 0) is 139 Å². The molecule has 3 nitrogen and oxygen atoms in total. The van der Waals surface area contributed by atoms with Crippen molar-refractivity contribution < 1.29 is 0 Å². The first-order valence-corrected chi connectivity index (χ1v) is 25.7. The van der Waals surface area contributed by atoms with E-state index in [-0.39, 0.29) is 0 Å². The van der Waals surface area contributed by atoms with Crippen molar-refractivity contribution in [3.05, 3.63) is 247 Å². The van der Waals surface area contributed by atoms with E-state index < -0.39 is 0 Å². The predicted octanol–water partition coefficient (Wildman–Crippen LogP) is 17.1. The quantitative estimate of drug-likeness (QED) is 0.156. The molecule has 0 fully saturated rings. The molecule has 3 heteroatoms. The first kappa shape index (κ1) is 41.1. The third-order valence-corrected chi connectivity index (χ3v) is 16.1. The lowest BCUT2D eigenvalue weighted by molar-refractivity contribution is 1.08. The lowest BCUT2D eigenvalue weighted by Crippen LogP contribution is -2.29. The summed E-state index contributed by atoms with van der Waals surface area (Å²) in [6, 6.07) is 82.8. The van der Waals surface area contributed by atoms with Crippen LogP contribution in [0.3, 0.4) is 0 Å². The minimum absolute atomic E-state index is 0.676. The maximum atomic E-state index is 5.71. The highest BCUT2D eigenvalue weighted by Crippen LogP contribution is 2.46. The molecule has 0 radical (unpaired) electrons. The van der Waals surface area contributed by atoms with Crippen LogP contribution < -0.4 is 10.4 Å². The Kier molecular flexibility index (Phi) is 8.87. The lowest BCUT2D eigenvalue weighted by atomic mass is 9.86. The third kappa shape index (κ3) is 6.23. The summed E-state index contributed by atoms with van der Waals surface area (Å²) in [7, 11) is 0. The van der Waals surface area contributed by atoms with Crippen LogP contribution in [0, 0.1) is 0 Å². The summed E-state index contributed by atoms with van der Waals surface area (Å²) < 4.78 is 0. The molecule has 2 aromatic heterocycles. The first-order chi connectivity index (χ1) is 36.7. The van der Waals surface area contributed by atoms with Crippen LogP contribution in [-0.2, 0) is 0 Å². The van der Waals surface area contributed by atoms with E-state index in [0.29, 0.717) is 5.82 Å². The smallest absolute Gasteiger partial charge is 0.160 e. The standard InChI is InChI=1S/C71H43N3/c1-3-15-55-42(8-1)10-7-17-56(55)44-18-24-52(25-19-44)69-63-41-54(57-34-30-49-22-20-45-11-5-13-47-32-36-60(57)66(49)64(45)47)40-62(59-35-31-50-23-21-46-12-6-14-48-33-37-61(59)67(50)65(46)48)70(63)74-71(73-69)53-28-26-51(27-29-53)68-58-16-4-2-9-43(58)38-39-72-68/h1-6,8-16,18-41H,7,17H2. The second-order valence-corrected chi connectivity index (χ2v) is 20.1. The fraction of sp³-hybridized carbons (Fsp3) is 0.0282. The summed E-state index contributed by atoms with van der Waals surface area (Å²) in [5.74, 6) is 0.676. The molecule has 16 rings (SSSR count). The molecule has 0 saturated carbocycles. The van der Waals surface area contributed by atoms with E-state index in [4.69, 9.17) is 15.0 Å². The van der Waals surface area contributed by atoms with Gasteiger partial charge in [-0.3, -0.25) is 4.98 Å². The van der Waals surface area contributed by atoms with Crippen LogP contribution >= 0.6 is 0 Å². The molecule has 0 bridgehead atoms. The van der Waals surface area contributed by atoms with E-state index in [1.165, 1.54) is 97.2 Å². The normalized spacial score (nSPS) is 12.8. The van der Waals surface area contributed by atoms with Crippen LogP contribution in [0.2, 0.25) is 0 Å². The van der Waals surface area contributed by atoms with Gasteiger partial charge in [0.2, 0.25) is 0 Å². The zero-order chi connectivity index (χ0) is 48.4. The molecule has 13 aromatic carbocycles. The molecule has 1 aliphatic carbocycles. The predicted molar refractivity (Wildman–Crippen MR) is 311 cm³/mol. The van der Waals surface area contributed by atoms with Crippen LogP contribution in [0.1, 0.15) is 18.4 Å². The van der Waals surface area contributed by atoms with Gasteiger partial charge < -0.3 is 0 Å². The molecule has 0 saturated heterocycles. The van der Waals surface area contributed by atoms with Crippen LogP contribution in [0.4, 0.5) is 0 Å². The maximum Gasteiger partial charge on any atom is 0.160 e. The summed E-state index contributed by atoms with van der Waals surface area (Å²) in [6.45, 7) is 0. The molecule has 2 heterocycles. The highest BCUT2D eigenvalue weighted by Gasteiger charge is 2.22. The van der Waals surface area contributed by atoms with Crippen molar-refractivity contribution in [2.75, 3.05) is 0 Å². The number of hydrogen-bond donors (Lipinski definition) is 0. The Balaban J connectivity index is 0.986. The van der Waals surface area contributed by atoms with Crippen molar-refractivity contribution in [3.8, 4) is 56.2 Å². The Morgan fingerprint density at radius 1 is 0.324 bits per heavy atom. The van der Waals surface area contributed by atoms with Crippen LogP contribution in [0.15, 0.2) is 231 Å². The molecule has 0 amide bonds. The van der Waals surface area contributed by atoms with E-state index in [2.05, 4.69) is 231 Å². The SMILES string of the molecule is C1=c2ccccc2=C(c2ccc(-c3nc(-c4ccc(-c5nccc6ccccc56)cc4)nc4c(-c5ccc6ccc7cccc8ccc5c6c78)cc(-c5ccc6ccc7cccc8ccc5c6c78)cc34)cc2)CC1. The Bertz CT molecular complexity index is 4900. The van der Waals surface area contributed by atoms with Gasteiger partial charge in [-0.1, -0.05) is 212 Å². The summed E-state index contributed by atoms with van der Waals surface area (Å²) in [5.41, 5.74) is 13.0. The minimum atomic E-state index is 0.676. The average Bonchev–Trinajstić information content (AvgIpc) is 3.48. The number of benzene rings is 13. The maximum absolute atomic E-state index is 5.71. The van der Waals surface area contributed by atoms with Gasteiger partial charge in [-0.2, -0.15) is 0 Å². The van der Waals surface area contributed by atoms with E-state index >= 15 is 0 Å². The van der Waals surface area contributed by atoms with Crippen molar-refractivity contribution >= 4 is 98.0 Å². The number of nitrogens with zero attached hydrogens (tertiary/aromatic N) is 3. The second-order valence-electron chi connectivity index (χ2n) is 20.1. The molecule has 342 valence electrons. The number of hydrogen-bond acceptors (Lipinski definition) is 3. The topological polar surface area (TPSA) is 38.7 Å². The second kappa shape index (κ2) is 16.0. The average molecular weight is 938 g/mol. The fourth-order valence-corrected chi connectivity index (χ4v) is 12.6. The number of pyridine rings is 1.